The average Bonchev–Trinajstić information content (AvgIpc) is 0.793. The summed E-state index contributed by atoms with van der Waals surface area (Å²) in [6, 6.07) is 18.7. The van der Waals surface area contributed by atoms with Gasteiger partial charge in [-0.3, -0.25) is 0 Å². The van der Waals surface area contributed by atoms with Gasteiger partial charge in [0.2, 0.25) is 0 Å². The van der Waals surface area contributed by atoms with Gasteiger partial charge in [0.25, 0.3) is 0 Å². The quantitative estimate of drug-likeness (QED) is 0.0247. The van der Waals surface area contributed by atoms with Crippen molar-refractivity contribution in [3.05, 3.63) is 82.9 Å². The maximum Gasteiger partial charge on any atom is 2.00 e. The van der Waals surface area contributed by atoms with Crippen LogP contribution in [-0.2, 0) is 45.9 Å². The zero-order valence-electron chi connectivity index (χ0n) is 64.0. The first-order valence-corrected chi connectivity index (χ1v) is 44.8. The van der Waals surface area contributed by atoms with Gasteiger partial charge in [-0.1, -0.05) is 424 Å². The molecule has 0 saturated heterocycles. The number of hydrogen-bond acceptors (Lipinski definition) is 6. The molecule has 0 aliphatic carbocycles. The van der Waals surface area contributed by atoms with Crippen molar-refractivity contribution in [2.45, 2.75) is 448 Å². The molecule has 0 aliphatic rings. The van der Waals surface area contributed by atoms with Gasteiger partial charge in [-0.05, 0) is 119 Å². The smallest absolute Gasteiger partial charge is 0.744 e. The van der Waals surface area contributed by atoms with Crippen molar-refractivity contribution in [1.29, 1.82) is 0 Å². The van der Waals surface area contributed by atoms with Crippen molar-refractivity contribution >= 4 is 90.7 Å². The summed E-state index contributed by atoms with van der Waals surface area (Å²) in [5.41, 5.74) is 5.20. The van der Waals surface area contributed by atoms with Gasteiger partial charge in [-0.2, -0.15) is 0 Å². The molecule has 4 aromatic carbocycles. The normalized spacial score (nSPS) is 11.9. The third-order valence-electron chi connectivity index (χ3n) is 21.1. The SMILES string of the molecule is CCCCCCCCCCCCCCCCCc1cc2cccc(S(=O)(=O)[O-])c2cc1CCCCCCCCCCCCCCCCC.CCCCCCCCCCCCCCCCCc1cc2cccc(S(=O)(=O)[O-])c2cc1CCCCCCCCCCCCCCCCC.[Ba+2]. The molecule has 0 heterocycles. The second-order valence-corrected chi connectivity index (χ2v) is 32.6. The Hall–Kier alpha value is -1.21. The van der Waals surface area contributed by atoms with Crippen LogP contribution < -0.4 is 0 Å². The van der Waals surface area contributed by atoms with Gasteiger partial charge in [-0.15, -0.1) is 0 Å². The summed E-state index contributed by atoms with van der Waals surface area (Å²) in [5, 5.41) is 2.96. The summed E-state index contributed by atoms with van der Waals surface area (Å²) < 4.78 is 72.1. The van der Waals surface area contributed by atoms with Crippen LogP contribution in [-0.4, -0.2) is 74.8 Å². The summed E-state index contributed by atoms with van der Waals surface area (Å²) in [7, 11) is -9.01. The Morgan fingerprint density at radius 3 is 0.546 bits per heavy atom. The summed E-state index contributed by atoms with van der Waals surface area (Å²) in [5.74, 6) is 0. The first-order chi connectivity index (χ1) is 46.9. The molecular weight excluding hydrogens is 1350 g/mol. The Morgan fingerprint density at radius 1 is 0.227 bits per heavy atom. The number of fused-ring (bicyclic) bond motifs is 2. The number of benzene rings is 4. The fraction of sp³-hybridized carbons (Fsp3) is 0.773. The van der Waals surface area contributed by atoms with E-state index in [1.54, 1.807) is 12.1 Å². The third kappa shape index (κ3) is 47.7. The van der Waals surface area contributed by atoms with Crippen LogP contribution in [0, 0.1) is 0 Å². The van der Waals surface area contributed by atoms with Crippen LogP contribution in [0.5, 0.6) is 0 Å². The molecule has 0 radical (unpaired) electrons. The van der Waals surface area contributed by atoms with E-state index in [1.807, 2.05) is 24.3 Å². The monoisotopic (exact) mass is 1500 g/mol. The Labute approximate surface area is 642 Å². The van der Waals surface area contributed by atoms with Crippen molar-refractivity contribution in [2.24, 2.45) is 0 Å². The molecule has 6 nitrogen and oxygen atoms in total. The first-order valence-electron chi connectivity index (χ1n) is 41.9. The average molecular weight is 1510 g/mol. The van der Waals surface area contributed by atoms with E-state index < -0.39 is 20.2 Å². The molecule has 0 bridgehead atoms. The van der Waals surface area contributed by atoms with Crippen LogP contribution in [0.3, 0.4) is 0 Å². The van der Waals surface area contributed by atoms with Gasteiger partial charge >= 0.3 is 48.9 Å². The van der Waals surface area contributed by atoms with Crippen LogP contribution in [0.4, 0.5) is 0 Å². The molecule has 552 valence electrons. The third-order valence-corrected chi connectivity index (χ3v) is 22.8. The van der Waals surface area contributed by atoms with E-state index in [-0.39, 0.29) is 58.7 Å². The van der Waals surface area contributed by atoms with Gasteiger partial charge in [-0.25, -0.2) is 16.8 Å². The fourth-order valence-corrected chi connectivity index (χ4v) is 16.3. The summed E-state index contributed by atoms with van der Waals surface area (Å²) in [6.45, 7) is 9.14. The minimum absolute atomic E-state index is 0. The van der Waals surface area contributed by atoms with E-state index in [2.05, 4.69) is 39.8 Å². The molecule has 0 fully saturated rings. The summed E-state index contributed by atoms with van der Waals surface area (Å²) in [6.07, 6.45) is 85.5. The molecule has 0 atom stereocenters. The standard InChI is InChI=1S/2C44H76O3S.Ba/c2*1-3-5-7-9-11-13-15-17-19-21-23-25-27-29-31-34-40-38-42-36-33-37-44(48(45,46)47)43(42)39-41(40)35-32-30-28-26-24-22-20-18-16-14-12-10-8-6-4-2;/h2*33,36-39H,3-32,34-35H2,1-2H3,(H,45,46,47);/q;;+2/p-2. The molecule has 4 rings (SSSR count). The van der Waals surface area contributed by atoms with Crippen LogP contribution in [0.2, 0.25) is 0 Å². The number of hydrogen-bond donors (Lipinski definition) is 0. The van der Waals surface area contributed by atoms with E-state index in [9.17, 15) is 25.9 Å². The van der Waals surface area contributed by atoms with Crippen molar-refractivity contribution in [3.8, 4) is 0 Å². The fourth-order valence-electron chi connectivity index (χ4n) is 14.9. The predicted octanol–water partition coefficient (Wildman–Crippen LogP) is 28.8. The summed E-state index contributed by atoms with van der Waals surface area (Å²) in [4.78, 5) is -0.146. The zero-order chi connectivity index (χ0) is 69.1. The maximum absolute atomic E-state index is 12.0. The van der Waals surface area contributed by atoms with E-state index in [0.717, 1.165) is 49.3 Å². The van der Waals surface area contributed by atoms with Crippen LogP contribution in [0.1, 0.15) is 435 Å². The largest absolute Gasteiger partial charge is 2.00 e. The van der Waals surface area contributed by atoms with Crippen molar-refractivity contribution < 1.29 is 25.9 Å². The van der Waals surface area contributed by atoms with Crippen LogP contribution in [0.25, 0.3) is 21.5 Å². The Balaban J connectivity index is 0.000000653. The van der Waals surface area contributed by atoms with Crippen molar-refractivity contribution in [1.82, 2.24) is 0 Å². The maximum atomic E-state index is 12.0. The molecule has 0 N–H and O–H groups in total. The van der Waals surface area contributed by atoms with E-state index in [1.165, 1.54) is 407 Å². The molecule has 0 unspecified atom stereocenters. The number of rotatable bonds is 66. The Morgan fingerprint density at radius 2 is 0.381 bits per heavy atom. The number of unbranched alkanes of at least 4 members (excludes halogenated alkanes) is 56. The second kappa shape index (κ2) is 63.3. The molecule has 0 amide bonds. The van der Waals surface area contributed by atoms with E-state index in [4.69, 9.17) is 0 Å². The van der Waals surface area contributed by atoms with E-state index >= 15 is 0 Å². The van der Waals surface area contributed by atoms with Crippen molar-refractivity contribution in [3.63, 3.8) is 0 Å². The molecular formula is C88H150BaO6S2. The zero-order valence-corrected chi connectivity index (χ0v) is 70.1. The first kappa shape index (κ1) is 91.9. The topological polar surface area (TPSA) is 114 Å². The molecule has 97 heavy (non-hydrogen) atoms. The van der Waals surface area contributed by atoms with Gasteiger partial charge < -0.3 is 9.11 Å². The Bertz CT molecular complexity index is 2500. The molecule has 9 heteroatoms. The van der Waals surface area contributed by atoms with Crippen LogP contribution in [0.15, 0.2) is 70.5 Å². The van der Waals surface area contributed by atoms with Crippen LogP contribution >= 0.6 is 0 Å². The van der Waals surface area contributed by atoms with Crippen molar-refractivity contribution in [2.75, 3.05) is 0 Å². The molecule has 0 saturated carbocycles. The second-order valence-electron chi connectivity index (χ2n) is 29.9. The minimum Gasteiger partial charge on any atom is -0.744 e. The minimum atomic E-state index is -4.50. The van der Waals surface area contributed by atoms with Gasteiger partial charge in [0.05, 0.1) is 9.79 Å². The summed E-state index contributed by atoms with van der Waals surface area (Å²) >= 11 is 0. The molecule has 0 aromatic heterocycles. The number of aryl methyl sites for hydroxylation is 4. The molecule has 0 spiro atoms. The van der Waals surface area contributed by atoms with Gasteiger partial charge in [0, 0.05) is 0 Å². The van der Waals surface area contributed by atoms with Gasteiger partial charge in [0.1, 0.15) is 20.2 Å². The molecule has 0 aliphatic heterocycles. The van der Waals surface area contributed by atoms with Gasteiger partial charge in [0.15, 0.2) is 0 Å². The van der Waals surface area contributed by atoms with E-state index in [0.29, 0.717) is 10.8 Å². The predicted molar refractivity (Wildman–Crippen MR) is 424 cm³/mol. The molecule has 4 aromatic rings. The Kier molecular flexibility index (Phi) is 59.9.